The molecule has 0 aliphatic heterocycles. The van der Waals surface area contributed by atoms with E-state index in [0.29, 0.717) is 13.2 Å². The Morgan fingerprint density at radius 2 is 1.61 bits per heavy atom. The Morgan fingerprint density at radius 1 is 0.944 bits per heavy atom. The van der Waals surface area contributed by atoms with Crippen LogP contribution in [0.5, 0.6) is 5.75 Å². The summed E-state index contributed by atoms with van der Waals surface area (Å²) in [5, 5.41) is 16.6. The number of ether oxygens (including phenoxy) is 2. The van der Waals surface area contributed by atoms with Gasteiger partial charge in [-0.25, -0.2) is 0 Å². The number of rotatable bonds is 8. The first-order valence-electron chi connectivity index (χ1n) is 6.32. The van der Waals surface area contributed by atoms with Crippen molar-refractivity contribution in [2.24, 2.45) is 0 Å². The molecule has 1 aromatic rings. The van der Waals surface area contributed by atoms with Crippen LogP contribution >= 0.6 is 0 Å². The maximum absolute atomic E-state index is 8.40. The van der Waals surface area contributed by atoms with Crippen molar-refractivity contribution >= 4 is 0 Å². The number of aliphatic hydroxyl groups excluding tert-OH is 2. The summed E-state index contributed by atoms with van der Waals surface area (Å²) in [6.45, 7) is 3.96. The van der Waals surface area contributed by atoms with E-state index < -0.39 is 0 Å². The number of para-hydroxylation sites is 1. The number of benzene rings is 1. The van der Waals surface area contributed by atoms with Gasteiger partial charge in [0.05, 0.1) is 19.8 Å². The summed E-state index contributed by atoms with van der Waals surface area (Å²) in [5.41, 5.74) is 0. The third-order valence-electron chi connectivity index (χ3n) is 1.98. The highest BCUT2D eigenvalue weighted by molar-refractivity contribution is 5.20. The van der Waals surface area contributed by atoms with Crippen molar-refractivity contribution in [2.75, 3.05) is 33.0 Å². The van der Waals surface area contributed by atoms with Gasteiger partial charge in [-0.2, -0.15) is 0 Å². The zero-order valence-corrected chi connectivity index (χ0v) is 11.0. The molecule has 0 saturated carbocycles. The largest absolute Gasteiger partial charge is 0.491 e. The van der Waals surface area contributed by atoms with Crippen LogP contribution in [0.25, 0.3) is 0 Å². The quantitative estimate of drug-likeness (QED) is 0.697. The van der Waals surface area contributed by atoms with Gasteiger partial charge in [-0.3, -0.25) is 0 Å². The molecule has 0 radical (unpaired) electrons. The molecule has 0 bridgehead atoms. The van der Waals surface area contributed by atoms with E-state index in [1.165, 1.54) is 0 Å². The van der Waals surface area contributed by atoms with Crippen LogP contribution in [-0.4, -0.2) is 43.2 Å². The van der Waals surface area contributed by atoms with Crippen LogP contribution in [0.4, 0.5) is 0 Å². The number of hydrogen-bond donors (Lipinski definition) is 2. The maximum atomic E-state index is 8.40. The molecule has 0 spiro atoms. The third kappa shape index (κ3) is 11.4. The number of aliphatic hydroxyl groups is 2. The number of hydrogen-bond acceptors (Lipinski definition) is 4. The van der Waals surface area contributed by atoms with Gasteiger partial charge in [-0.1, -0.05) is 31.5 Å². The van der Waals surface area contributed by atoms with E-state index in [1.807, 2.05) is 30.3 Å². The van der Waals surface area contributed by atoms with Gasteiger partial charge in [0.25, 0.3) is 0 Å². The molecule has 0 heterocycles. The molecule has 1 aromatic carbocycles. The van der Waals surface area contributed by atoms with Crippen LogP contribution in [0.2, 0.25) is 0 Å². The summed E-state index contributed by atoms with van der Waals surface area (Å²) in [6.07, 6.45) is 2.26. The Morgan fingerprint density at radius 3 is 2.17 bits per heavy atom. The smallest absolute Gasteiger partial charge is 0.119 e. The molecule has 104 valence electrons. The molecule has 4 nitrogen and oxygen atoms in total. The summed E-state index contributed by atoms with van der Waals surface area (Å²) >= 11 is 0. The minimum Gasteiger partial charge on any atom is -0.491 e. The predicted molar refractivity (Wildman–Crippen MR) is 71.8 cm³/mol. The fourth-order valence-electron chi connectivity index (χ4n) is 1.09. The minimum absolute atomic E-state index is 0.0644. The number of unbranched alkanes of at least 4 members (excludes halogenated alkanes) is 1. The minimum atomic E-state index is 0.0644. The molecule has 0 aliphatic rings. The molecule has 0 saturated heterocycles. The average Bonchev–Trinajstić information content (AvgIpc) is 2.43. The molecule has 0 aliphatic carbocycles. The Kier molecular flexibility index (Phi) is 13.1. The summed E-state index contributed by atoms with van der Waals surface area (Å²) in [7, 11) is 0. The first-order chi connectivity index (χ1) is 8.85. The van der Waals surface area contributed by atoms with Gasteiger partial charge in [-0.05, 0) is 18.6 Å². The predicted octanol–water partition coefficient (Wildman–Crippen LogP) is 1.85. The Labute approximate surface area is 109 Å². The van der Waals surface area contributed by atoms with E-state index in [2.05, 4.69) is 6.92 Å². The second-order valence-electron chi connectivity index (χ2n) is 3.57. The molecule has 2 N–H and O–H groups in total. The van der Waals surface area contributed by atoms with Crippen LogP contribution in [0.1, 0.15) is 19.8 Å². The molecule has 0 aromatic heterocycles. The monoisotopic (exact) mass is 256 g/mol. The van der Waals surface area contributed by atoms with Crippen molar-refractivity contribution in [1.29, 1.82) is 0 Å². The van der Waals surface area contributed by atoms with E-state index >= 15 is 0 Å². The lowest BCUT2D eigenvalue weighted by Gasteiger charge is -2.01. The fourth-order valence-corrected chi connectivity index (χ4v) is 1.09. The SMILES string of the molecule is CCCCOCCO.OCCOc1ccccc1. The van der Waals surface area contributed by atoms with E-state index in [-0.39, 0.29) is 13.2 Å². The second-order valence-corrected chi connectivity index (χ2v) is 3.57. The first-order valence-corrected chi connectivity index (χ1v) is 6.32. The van der Waals surface area contributed by atoms with E-state index in [0.717, 1.165) is 25.2 Å². The lowest BCUT2D eigenvalue weighted by Crippen LogP contribution is -2.00. The van der Waals surface area contributed by atoms with E-state index in [9.17, 15) is 0 Å². The van der Waals surface area contributed by atoms with Crippen LogP contribution in [0.15, 0.2) is 30.3 Å². The van der Waals surface area contributed by atoms with Gasteiger partial charge < -0.3 is 19.7 Å². The van der Waals surface area contributed by atoms with Crippen LogP contribution < -0.4 is 4.74 Å². The third-order valence-corrected chi connectivity index (χ3v) is 1.98. The van der Waals surface area contributed by atoms with Gasteiger partial charge >= 0.3 is 0 Å². The zero-order chi connectivity index (χ0) is 13.5. The van der Waals surface area contributed by atoms with Crippen LogP contribution in [-0.2, 0) is 4.74 Å². The zero-order valence-electron chi connectivity index (χ0n) is 11.0. The van der Waals surface area contributed by atoms with Gasteiger partial charge in [0.2, 0.25) is 0 Å². The summed E-state index contributed by atoms with van der Waals surface area (Å²) in [6, 6.07) is 9.43. The Hall–Kier alpha value is -1.10. The first kappa shape index (κ1) is 16.9. The maximum Gasteiger partial charge on any atom is 0.119 e. The molecule has 0 unspecified atom stereocenters. The Bertz CT molecular complexity index is 245. The second kappa shape index (κ2) is 14.0. The van der Waals surface area contributed by atoms with Gasteiger partial charge in [0, 0.05) is 6.61 Å². The van der Waals surface area contributed by atoms with Crippen molar-refractivity contribution in [3.8, 4) is 5.75 Å². The highest BCUT2D eigenvalue weighted by atomic mass is 16.5. The van der Waals surface area contributed by atoms with Gasteiger partial charge in [0.1, 0.15) is 12.4 Å². The molecule has 4 heteroatoms. The van der Waals surface area contributed by atoms with Crippen molar-refractivity contribution in [3.05, 3.63) is 30.3 Å². The molecule has 18 heavy (non-hydrogen) atoms. The Balaban J connectivity index is 0.000000331. The van der Waals surface area contributed by atoms with Crippen LogP contribution in [0.3, 0.4) is 0 Å². The molecule has 0 fully saturated rings. The van der Waals surface area contributed by atoms with Crippen molar-refractivity contribution < 1.29 is 19.7 Å². The van der Waals surface area contributed by atoms with Gasteiger partial charge in [-0.15, -0.1) is 0 Å². The topological polar surface area (TPSA) is 58.9 Å². The molecule has 1 rings (SSSR count). The summed E-state index contributed by atoms with van der Waals surface area (Å²) < 4.78 is 10.1. The highest BCUT2D eigenvalue weighted by Gasteiger charge is 1.87. The molecule has 0 amide bonds. The van der Waals surface area contributed by atoms with E-state index in [1.54, 1.807) is 0 Å². The lowest BCUT2D eigenvalue weighted by atomic mass is 10.3. The van der Waals surface area contributed by atoms with Crippen molar-refractivity contribution in [2.45, 2.75) is 19.8 Å². The summed E-state index contributed by atoms with van der Waals surface area (Å²) in [4.78, 5) is 0. The molecular weight excluding hydrogens is 232 g/mol. The normalized spacial score (nSPS) is 9.50. The fraction of sp³-hybridized carbons (Fsp3) is 0.571. The van der Waals surface area contributed by atoms with Crippen LogP contribution in [0, 0.1) is 0 Å². The molecular formula is C14H24O4. The lowest BCUT2D eigenvalue weighted by molar-refractivity contribution is 0.0904. The average molecular weight is 256 g/mol. The van der Waals surface area contributed by atoms with Crippen molar-refractivity contribution in [3.63, 3.8) is 0 Å². The molecule has 0 atom stereocenters. The van der Waals surface area contributed by atoms with Gasteiger partial charge in [0.15, 0.2) is 0 Å². The summed E-state index contributed by atoms with van der Waals surface area (Å²) in [5.74, 6) is 0.802. The van der Waals surface area contributed by atoms with Crippen molar-refractivity contribution in [1.82, 2.24) is 0 Å². The van der Waals surface area contributed by atoms with E-state index in [4.69, 9.17) is 19.7 Å². The highest BCUT2D eigenvalue weighted by Crippen LogP contribution is 2.07. The standard InChI is InChI=1S/C8H10O2.C6H14O2/c9-6-7-10-8-4-2-1-3-5-8;1-2-3-5-8-6-4-7/h1-5,9H,6-7H2;7H,2-6H2,1H3.